The maximum atomic E-state index is 11.9. The Labute approximate surface area is 92.3 Å². The average Bonchev–Trinajstić information content (AvgIpc) is 2.79. The van der Waals surface area contributed by atoms with Crippen molar-refractivity contribution in [2.75, 3.05) is 5.32 Å². The number of nitrogens with zero attached hydrogens (tertiary/aromatic N) is 3. The molecule has 0 bridgehead atoms. The van der Waals surface area contributed by atoms with Crippen LogP contribution in [0.25, 0.3) is 0 Å². The van der Waals surface area contributed by atoms with Crippen molar-refractivity contribution in [2.24, 2.45) is 7.05 Å². The van der Waals surface area contributed by atoms with Crippen molar-refractivity contribution in [1.29, 1.82) is 0 Å². The van der Waals surface area contributed by atoms with Crippen molar-refractivity contribution in [3.05, 3.63) is 29.7 Å². The minimum atomic E-state index is -0.227. The summed E-state index contributed by atoms with van der Waals surface area (Å²) in [6.07, 6.45) is 3.08. The molecular weight excluding hydrogens is 208 g/mol. The van der Waals surface area contributed by atoms with Crippen LogP contribution < -0.4 is 5.32 Å². The first kappa shape index (κ1) is 10.4. The Morgan fingerprint density at radius 2 is 2.25 bits per heavy atom. The van der Waals surface area contributed by atoms with Gasteiger partial charge in [-0.1, -0.05) is 5.16 Å². The van der Waals surface area contributed by atoms with Crippen LogP contribution in [0, 0.1) is 13.8 Å². The summed E-state index contributed by atoms with van der Waals surface area (Å²) < 4.78 is 6.60. The average molecular weight is 220 g/mol. The highest BCUT2D eigenvalue weighted by Crippen LogP contribution is 2.19. The first-order chi connectivity index (χ1) is 7.59. The van der Waals surface area contributed by atoms with Crippen LogP contribution in [0.1, 0.15) is 21.9 Å². The molecule has 0 aliphatic rings. The van der Waals surface area contributed by atoms with E-state index in [1.165, 1.54) is 6.20 Å². The monoisotopic (exact) mass is 220 g/mol. The van der Waals surface area contributed by atoms with Crippen molar-refractivity contribution in [2.45, 2.75) is 13.8 Å². The van der Waals surface area contributed by atoms with Crippen molar-refractivity contribution in [3.63, 3.8) is 0 Å². The number of carbonyl (C=O) groups excluding carboxylic acids is 1. The molecule has 0 radical (unpaired) electrons. The highest BCUT2D eigenvalue weighted by Gasteiger charge is 2.15. The van der Waals surface area contributed by atoms with Crippen molar-refractivity contribution >= 4 is 11.6 Å². The van der Waals surface area contributed by atoms with Gasteiger partial charge in [-0.3, -0.25) is 4.79 Å². The van der Waals surface area contributed by atoms with E-state index < -0.39 is 0 Å². The normalized spacial score (nSPS) is 10.4. The fourth-order valence-corrected chi connectivity index (χ4v) is 1.42. The van der Waals surface area contributed by atoms with Crippen LogP contribution in [0.2, 0.25) is 0 Å². The smallest absolute Gasteiger partial charge is 0.274 e. The number of carbonyl (C=O) groups is 1. The van der Waals surface area contributed by atoms with E-state index in [0.29, 0.717) is 22.8 Å². The van der Waals surface area contributed by atoms with Gasteiger partial charge in [-0.15, -0.1) is 0 Å². The highest BCUT2D eigenvalue weighted by molar-refractivity contribution is 6.03. The Balaban J connectivity index is 2.24. The number of aryl methyl sites for hydroxylation is 3. The van der Waals surface area contributed by atoms with Crippen LogP contribution in [-0.4, -0.2) is 20.6 Å². The predicted molar refractivity (Wildman–Crippen MR) is 57.1 cm³/mol. The lowest BCUT2D eigenvalue weighted by Gasteiger charge is -2.04. The Morgan fingerprint density at radius 3 is 2.75 bits per heavy atom. The molecule has 0 unspecified atom stereocenters. The number of nitrogens with one attached hydrogen (secondary N) is 1. The van der Waals surface area contributed by atoms with Gasteiger partial charge in [0.05, 0.1) is 12.5 Å². The first-order valence-electron chi connectivity index (χ1n) is 4.80. The summed E-state index contributed by atoms with van der Waals surface area (Å²) in [5.74, 6) is 0.363. The van der Waals surface area contributed by atoms with Gasteiger partial charge < -0.3 is 14.4 Å². The molecule has 0 aliphatic carbocycles. The van der Waals surface area contributed by atoms with Crippen LogP contribution in [-0.2, 0) is 7.05 Å². The molecule has 6 heteroatoms. The van der Waals surface area contributed by atoms with Crippen molar-refractivity contribution in [1.82, 2.24) is 14.7 Å². The molecule has 1 amide bonds. The van der Waals surface area contributed by atoms with E-state index >= 15 is 0 Å². The molecule has 0 atom stereocenters. The second-order valence-corrected chi connectivity index (χ2v) is 3.54. The number of hydrogen-bond donors (Lipinski definition) is 1. The summed E-state index contributed by atoms with van der Waals surface area (Å²) in [4.78, 5) is 15.7. The third-order valence-electron chi connectivity index (χ3n) is 2.32. The number of rotatable bonds is 2. The summed E-state index contributed by atoms with van der Waals surface area (Å²) >= 11 is 0. The predicted octanol–water partition coefficient (Wildman–Crippen LogP) is 1.28. The summed E-state index contributed by atoms with van der Waals surface area (Å²) in [7, 11) is 1.76. The van der Waals surface area contributed by atoms with Crippen LogP contribution in [0.15, 0.2) is 17.0 Å². The quantitative estimate of drug-likeness (QED) is 0.827. The molecule has 0 aliphatic heterocycles. The summed E-state index contributed by atoms with van der Waals surface area (Å²) in [5.41, 5.74) is 1.76. The summed E-state index contributed by atoms with van der Waals surface area (Å²) in [6.45, 7) is 3.52. The van der Waals surface area contributed by atoms with Gasteiger partial charge in [-0.05, 0) is 13.8 Å². The van der Waals surface area contributed by atoms with Crippen LogP contribution >= 0.6 is 0 Å². The zero-order valence-corrected chi connectivity index (χ0v) is 9.31. The molecule has 0 spiro atoms. The van der Waals surface area contributed by atoms with Gasteiger partial charge in [-0.2, -0.15) is 0 Å². The lowest BCUT2D eigenvalue weighted by atomic mass is 10.3. The molecule has 2 aromatic heterocycles. The van der Waals surface area contributed by atoms with E-state index in [9.17, 15) is 4.79 Å². The Hall–Kier alpha value is -2.11. The molecule has 2 rings (SSSR count). The fourth-order valence-electron chi connectivity index (χ4n) is 1.42. The molecule has 6 nitrogen and oxygen atoms in total. The molecule has 16 heavy (non-hydrogen) atoms. The number of imidazole rings is 1. The topological polar surface area (TPSA) is 73.0 Å². The molecule has 0 fully saturated rings. The Morgan fingerprint density at radius 1 is 1.50 bits per heavy atom. The molecule has 0 saturated heterocycles. The zero-order valence-electron chi connectivity index (χ0n) is 9.31. The van der Waals surface area contributed by atoms with Crippen molar-refractivity contribution < 1.29 is 9.32 Å². The van der Waals surface area contributed by atoms with Crippen molar-refractivity contribution in [3.8, 4) is 0 Å². The van der Waals surface area contributed by atoms with E-state index in [1.54, 1.807) is 31.8 Å². The molecule has 0 saturated carbocycles. The maximum Gasteiger partial charge on any atom is 0.274 e. The summed E-state index contributed by atoms with van der Waals surface area (Å²) in [6, 6.07) is 0. The van der Waals surface area contributed by atoms with Gasteiger partial charge in [0, 0.05) is 7.05 Å². The van der Waals surface area contributed by atoms with E-state index in [2.05, 4.69) is 15.5 Å². The molecular formula is C10H12N4O2. The number of hydrogen-bond acceptors (Lipinski definition) is 4. The second kappa shape index (κ2) is 3.80. The maximum absolute atomic E-state index is 11.9. The third kappa shape index (κ3) is 1.69. The number of anilines is 1. The van der Waals surface area contributed by atoms with Gasteiger partial charge in [0.2, 0.25) is 0 Å². The second-order valence-electron chi connectivity index (χ2n) is 3.54. The van der Waals surface area contributed by atoms with E-state index in [1.807, 2.05) is 0 Å². The van der Waals surface area contributed by atoms with Crippen LogP contribution in [0.5, 0.6) is 0 Å². The van der Waals surface area contributed by atoms with Gasteiger partial charge in [0.1, 0.15) is 17.1 Å². The van der Waals surface area contributed by atoms with Crippen LogP contribution in [0.3, 0.4) is 0 Å². The van der Waals surface area contributed by atoms with E-state index in [-0.39, 0.29) is 5.91 Å². The van der Waals surface area contributed by atoms with Gasteiger partial charge in [-0.25, -0.2) is 4.98 Å². The highest BCUT2D eigenvalue weighted by atomic mass is 16.5. The number of aromatic nitrogens is 3. The Kier molecular flexibility index (Phi) is 2.47. The SMILES string of the molecule is Cc1noc(C)c1NC(=O)c1cncn1C. The first-order valence-corrected chi connectivity index (χ1v) is 4.80. The van der Waals surface area contributed by atoms with Crippen LogP contribution in [0.4, 0.5) is 5.69 Å². The molecule has 0 aromatic carbocycles. The minimum absolute atomic E-state index is 0.227. The molecule has 2 aromatic rings. The Bertz CT molecular complexity index is 507. The molecule has 2 heterocycles. The standard InChI is InChI=1S/C10H12N4O2/c1-6-9(7(2)16-13-6)12-10(15)8-4-11-5-14(8)3/h4-5H,1-3H3,(H,12,15). The third-order valence-corrected chi connectivity index (χ3v) is 2.32. The minimum Gasteiger partial charge on any atom is -0.359 e. The largest absolute Gasteiger partial charge is 0.359 e. The lowest BCUT2D eigenvalue weighted by Crippen LogP contribution is -2.16. The van der Waals surface area contributed by atoms with Gasteiger partial charge >= 0.3 is 0 Å². The zero-order chi connectivity index (χ0) is 11.7. The number of amides is 1. The lowest BCUT2D eigenvalue weighted by molar-refractivity contribution is 0.101. The summed E-state index contributed by atoms with van der Waals surface area (Å²) in [5, 5.41) is 6.51. The fraction of sp³-hybridized carbons (Fsp3) is 0.300. The van der Waals surface area contributed by atoms with Gasteiger partial charge in [0.15, 0.2) is 5.76 Å². The molecule has 1 N–H and O–H groups in total. The van der Waals surface area contributed by atoms with E-state index in [4.69, 9.17) is 4.52 Å². The molecule has 84 valence electrons. The van der Waals surface area contributed by atoms with E-state index in [0.717, 1.165) is 0 Å². The van der Waals surface area contributed by atoms with Gasteiger partial charge in [0.25, 0.3) is 5.91 Å².